The second-order valence-corrected chi connectivity index (χ2v) is 9.11. The molecule has 0 aliphatic rings. The fraction of sp³-hybridized carbons (Fsp3) is 0.417. The summed E-state index contributed by atoms with van der Waals surface area (Å²) in [5, 5.41) is 3.62. The number of rotatable bonds is 6. The van der Waals surface area contributed by atoms with E-state index in [1.807, 2.05) is 65.0 Å². The van der Waals surface area contributed by atoms with E-state index >= 15 is 0 Å². The topological polar surface area (TPSA) is 49.4 Å². The van der Waals surface area contributed by atoms with Gasteiger partial charge in [-0.3, -0.25) is 9.59 Å². The second-order valence-electron chi connectivity index (χ2n) is 8.67. The smallest absolute Gasteiger partial charge is 0.242 e. The van der Waals surface area contributed by atoms with Crippen molar-refractivity contribution < 1.29 is 9.59 Å². The van der Waals surface area contributed by atoms with E-state index in [9.17, 15) is 9.59 Å². The minimum Gasteiger partial charge on any atom is -0.350 e. The number of amides is 2. The van der Waals surface area contributed by atoms with Crippen molar-refractivity contribution in [1.82, 2.24) is 10.2 Å². The Morgan fingerprint density at radius 2 is 1.69 bits per heavy atom. The molecule has 2 aromatic carbocycles. The van der Waals surface area contributed by atoms with Crippen LogP contribution in [0.3, 0.4) is 0 Å². The van der Waals surface area contributed by atoms with Crippen LogP contribution in [0.1, 0.15) is 49.9 Å². The van der Waals surface area contributed by atoms with Gasteiger partial charge in [0, 0.05) is 17.1 Å². The first-order valence-electron chi connectivity index (χ1n) is 9.88. The minimum absolute atomic E-state index is 0.0785. The van der Waals surface area contributed by atoms with E-state index in [1.54, 1.807) is 24.0 Å². The molecule has 0 bridgehead atoms. The van der Waals surface area contributed by atoms with Crippen molar-refractivity contribution in [3.63, 3.8) is 0 Å². The molecule has 0 spiro atoms. The molecule has 0 saturated heterocycles. The van der Waals surface area contributed by atoms with E-state index in [4.69, 9.17) is 11.6 Å². The number of aryl methyl sites for hydroxylation is 2. The lowest BCUT2D eigenvalue weighted by Gasteiger charge is -2.31. The number of halogens is 1. The molecular weight excluding hydrogens is 384 g/mol. The second kappa shape index (κ2) is 9.45. The van der Waals surface area contributed by atoms with Crippen molar-refractivity contribution in [1.29, 1.82) is 0 Å². The predicted molar refractivity (Wildman–Crippen MR) is 119 cm³/mol. The van der Waals surface area contributed by atoms with Crippen LogP contribution in [-0.2, 0) is 22.6 Å². The van der Waals surface area contributed by atoms with Gasteiger partial charge in [-0.1, -0.05) is 47.5 Å². The third kappa shape index (κ3) is 6.90. The van der Waals surface area contributed by atoms with Crippen LogP contribution >= 0.6 is 11.6 Å². The summed E-state index contributed by atoms with van der Waals surface area (Å²) in [6, 6.07) is 12.9. The predicted octanol–water partition coefficient (Wildman–Crippen LogP) is 4.83. The first kappa shape index (κ1) is 23.0. The van der Waals surface area contributed by atoms with Crippen molar-refractivity contribution in [3.8, 4) is 0 Å². The van der Waals surface area contributed by atoms with Gasteiger partial charge in [0.1, 0.15) is 6.04 Å². The van der Waals surface area contributed by atoms with Gasteiger partial charge in [0.05, 0.1) is 6.42 Å². The number of nitrogens with zero attached hydrogens (tertiary/aromatic N) is 1. The maximum Gasteiger partial charge on any atom is 0.242 e. The molecule has 29 heavy (non-hydrogen) atoms. The summed E-state index contributed by atoms with van der Waals surface area (Å²) < 4.78 is 0. The minimum atomic E-state index is -0.595. The standard InChI is InChI=1S/C24H31ClN2O2/c1-16-7-8-17(2)20(13-16)14-22(28)27(15-19-9-11-21(25)12-10-19)18(3)23(29)26-24(4,5)6/h7-13,18H,14-15H2,1-6H3,(H,26,29)/t18-/m1/s1. The zero-order valence-electron chi connectivity index (χ0n) is 18.2. The van der Waals surface area contributed by atoms with E-state index in [1.165, 1.54) is 0 Å². The number of carbonyl (C=O) groups excluding carboxylic acids is 2. The Morgan fingerprint density at radius 3 is 2.28 bits per heavy atom. The van der Waals surface area contributed by atoms with Crippen molar-refractivity contribution in [2.24, 2.45) is 0 Å². The molecule has 0 heterocycles. The summed E-state index contributed by atoms with van der Waals surface area (Å²) in [5.41, 5.74) is 3.73. The quantitative estimate of drug-likeness (QED) is 0.735. The van der Waals surface area contributed by atoms with Crippen molar-refractivity contribution in [2.45, 2.75) is 66.1 Å². The normalized spacial score (nSPS) is 12.4. The van der Waals surface area contributed by atoms with Gasteiger partial charge in [-0.25, -0.2) is 0 Å². The van der Waals surface area contributed by atoms with Crippen molar-refractivity contribution >= 4 is 23.4 Å². The molecule has 0 aliphatic heterocycles. The zero-order chi connectivity index (χ0) is 21.8. The van der Waals surface area contributed by atoms with Crippen LogP contribution in [0.15, 0.2) is 42.5 Å². The summed E-state index contributed by atoms with van der Waals surface area (Å²) in [6.07, 6.45) is 0.258. The van der Waals surface area contributed by atoms with Gasteiger partial charge in [0.25, 0.3) is 0 Å². The number of hydrogen-bond acceptors (Lipinski definition) is 2. The van der Waals surface area contributed by atoms with Gasteiger partial charge in [0.2, 0.25) is 11.8 Å². The molecule has 0 unspecified atom stereocenters. The Kier molecular flexibility index (Phi) is 7.48. The largest absolute Gasteiger partial charge is 0.350 e. The highest BCUT2D eigenvalue weighted by atomic mass is 35.5. The number of carbonyl (C=O) groups is 2. The fourth-order valence-corrected chi connectivity index (χ4v) is 3.22. The van der Waals surface area contributed by atoms with Crippen molar-refractivity contribution in [2.75, 3.05) is 0 Å². The van der Waals surface area contributed by atoms with Crippen LogP contribution in [0.5, 0.6) is 0 Å². The highest BCUT2D eigenvalue weighted by Gasteiger charge is 2.28. The lowest BCUT2D eigenvalue weighted by Crippen LogP contribution is -2.52. The van der Waals surface area contributed by atoms with Gasteiger partial charge in [-0.05, 0) is 70.4 Å². The van der Waals surface area contributed by atoms with Gasteiger partial charge in [-0.2, -0.15) is 0 Å². The Bertz CT molecular complexity index is 869. The fourth-order valence-electron chi connectivity index (χ4n) is 3.10. The molecule has 2 rings (SSSR count). The molecule has 2 aromatic rings. The van der Waals surface area contributed by atoms with E-state index in [0.717, 1.165) is 22.3 Å². The van der Waals surface area contributed by atoms with E-state index in [0.29, 0.717) is 11.6 Å². The Labute approximate surface area is 179 Å². The first-order chi connectivity index (χ1) is 13.5. The van der Waals surface area contributed by atoms with E-state index < -0.39 is 6.04 Å². The molecular formula is C24H31ClN2O2. The molecule has 2 amide bonds. The van der Waals surface area contributed by atoms with Gasteiger partial charge in [0.15, 0.2) is 0 Å². The maximum absolute atomic E-state index is 13.3. The van der Waals surface area contributed by atoms with Gasteiger partial charge < -0.3 is 10.2 Å². The van der Waals surface area contributed by atoms with E-state index in [2.05, 4.69) is 5.32 Å². The maximum atomic E-state index is 13.3. The summed E-state index contributed by atoms with van der Waals surface area (Å²) in [5.74, 6) is -0.244. The highest BCUT2D eigenvalue weighted by Crippen LogP contribution is 2.18. The van der Waals surface area contributed by atoms with Crippen molar-refractivity contribution in [3.05, 3.63) is 69.7 Å². The Hall–Kier alpha value is -2.33. The average Bonchev–Trinajstić information content (AvgIpc) is 2.62. The third-order valence-corrected chi connectivity index (χ3v) is 5.03. The summed E-state index contributed by atoms with van der Waals surface area (Å²) in [4.78, 5) is 27.7. The molecule has 1 N–H and O–H groups in total. The summed E-state index contributed by atoms with van der Waals surface area (Å²) >= 11 is 5.99. The van der Waals surface area contributed by atoms with Crippen LogP contribution in [0.25, 0.3) is 0 Å². The molecule has 1 atom stereocenters. The molecule has 0 radical (unpaired) electrons. The van der Waals surface area contributed by atoms with Gasteiger partial charge in [-0.15, -0.1) is 0 Å². The number of hydrogen-bond donors (Lipinski definition) is 1. The Balaban J connectivity index is 2.29. The number of benzene rings is 2. The van der Waals surface area contributed by atoms with Crippen LogP contribution < -0.4 is 5.32 Å². The van der Waals surface area contributed by atoms with E-state index in [-0.39, 0.29) is 23.8 Å². The molecule has 0 aliphatic carbocycles. The molecule has 5 heteroatoms. The van der Waals surface area contributed by atoms with Gasteiger partial charge >= 0.3 is 0 Å². The molecule has 0 aromatic heterocycles. The lowest BCUT2D eigenvalue weighted by atomic mass is 10.0. The third-order valence-electron chi connectivity index (χ3n) is 4.78. The van der Waals surface area contributed by atoms with Crippen LogP contribution in [-0.4, -0.2) is 28.3 Å². The first-order valence-corrected chi connectivity index (χ1v) is 10.3. The van der Waals surface area contributed by atoms with Crippen LogP contribution in [0, 0.1) is 13.8 Å². The zero-order valence-corrected chi connectivity index (χ0v) is 18.9. The molecule has 156 valence electrons. The monoisotopic (exact) mass is 414 g/mol. The average molecular weight is 415 g/mol. The Morgan fingerprint density at radius 1 is 1.07 bits per heavy atom. The van der Waals surface area contributed by atoms with Crippen LogP contribution in [0.2, 0.25) is 5.02 Å². The SMILES string of the molecule is Cc1ccc(C)c(CC(=O)N(Cc2ccc(Cl)cc2)[C@H](C)C(=O)NC(C)(C)C)c1. The number of nitrogens with one attached hydrogen (secondary N) is 1. The lowest BCUT2D eigenvalue weighted by molar-refractivity contribution is -0.140. The highest BCUT2D eigenvalue weighted by molar-refractivity contribution is 6.30. The molecule has 0 fully saturated rings. The summed E-state index contributed by atoms with van der Waals surface area (Å²) in [6.45, 7) is 11.9. The molecule has 0 saturated carbocycles. The van der Waals surface area contributed by atoms with Crippen LogP contribution in [0.4, 0.5) is 0 Å². The summed E-state index contributed by atoms with van der Waals surface area (Å²) in [7, 11) is 0. The molecule has 4 nitrogen and oxygen atoms in total.